The van der Waals surface area contributed by atoms with Crippen LogP contribution in [-0.4, -0.2) is 49.4 Å². The van der Waals surface area contributed by atoms with E-state index in [-0.39, 0.29) is 24.4 Å². The van der Waals surface area contributed by atoms with Gasteiger partial charge in [0.05, 0.1) is 13.2 Å². The van der Waals surface area contributed by atoms with E-state index in [1.807, 2.05) is 12.1 Å². The second-order valence-electron chi connectivity index (χ2n) is 7.43. The van der Waals surface area contributed by atoms with Crippen LogP contribution in [0.1, 0.15) is 12.8 Å². The predicted molar refractivity (Wildman–Crippen MR) is 114 cm³/mol. The lowest BCUT2D eigenvalue weighted by Crippen LogP contribution is -2.37. The average Bonchev–Trinajstić information content (AvgIpc) is 2.82. The summed E-state index contributed by atoms with van der Waals surface area (Å²) >= 11 is 0. The fraction of sp³-hybridized carbons (Fsp3) is 0.348. The van der Waals surface area contributed by atoms with Gasteiger partial charge in [0.1, 0.15) is 35.8 Å². The first-order valence-electron chi connectivity index (χ1n) is 10.2. The first-order chi connectivity index (χ1) is 15.2. The van der Waals surface area contributed by atoms with E-state index < -0.39 is 0 Å². The fourth-order valence-corrected chi connectivity index (χ4v) is 3.95. The summed E-state index contributed by atoms with van der Waals surface area (Å²) < 4.78 is 29.5. The highest BCUT2D eigenvalue weighted by molar-refractivity contribution is 5.96. The first kappa shape index (κ1) is 21.0. The third-order valence-electron chi connectivity index (χ3n) is 5.60. The van der Waals surface area contributed by atoms with E-state index in [1.165, 1.54) is 18.5 Å². The molecule has 1 aliphatic rings. The number of carbonyl (C=O) groups excluding carboxylic acids is 1. The van der Waals surface area contributed by atoms with Crippen LogP contribution in [0, 0.1) is 11.7 Å². The van der Waals surface area contributed by atoms with Gasteiger partial charge in [-0.25, -0.2) is 14.4 Å². The smallest absolute Gasteiger partial charge is 0.293 e. The van der Waals surface area contributed by atoms with Crippen molar-refractivity contribution in [3.63, 3.8) is 0 Å². The minimum atomic E-state index is -0.295. The zero-order valence-corrected chi connectivity index (χ0v) is 17.2. The molecule has 1 unspecified atom stereocenters. The molecule has 1 atom stereocenters. The molecule has 0 bridgehead atoms. The monoisotopic (exact) mass is 425 g/mol. The molecule has 162 valence electrons. The molecule has 8 heteroatoms. The van der Waals surface area contributed by atoms with Crippen LogP contribution >= 0.6 is 0 Å². The summed E-state index contributed by atoms with van der Waals surface area (Å²) in [7, 11) is 1.58. The van der Waals surface area contributed by atoms with E-state index in [0.717, 1.165) is 29.4 Å². The average molecular weight is 425 g/mol. The lowest BCUT2D eigenvalue weighted by atomic mass is 9.92. The molecule has 0 spiro atoms. The number of aromatic nitrogens is 2. The molecule has 31 heavy (non-hydrogen) atoms. The number of nitrogens with one attached hydrogen (secondary N) is 1. The van der Waals surface area contributed by atoms with E-state index in [2.05, 4.69) is 15.3 Å². The highest BCUT2D eigenvalue weighted by atomic mass is 19.1. The number of methoxy groups -OCH3 is 1. The van der Waals surface area contributed by atoms with Crippen LogP contribution in [0.3, 0.4) is 0 Å². The number of nitrogens with zero attached hydrogens (tertiary/aromatic N) is 2. The maximum atomic E-state index is 13.4. The lowest BCUT2D eigenvalue weighted by molar-refractivity contribution is -0.129. The molecule has 4 rings (SSSR count). The van der Waals surface area contributed by atoms with Crippen molar-refractivity contribution >= 4 is 23.2 Å². The first-order valence-corrected chi connectivity index (χ1v) is 10.2. The number of carbonyl (C=O) groups is 1. The van der Waals surface area contributed by atoms with Gasteiger partial charge in [-0.05, 0) is 54.2 Å². The van der Waals surface area contributed by atoms with Crippen LogP contribution in [0.4, 0.5) is 10.2 Å². The quantitative estimate of drug-likeness (QED) is 0.549. The van der Waals surface area contributed by atoms with Gasteiger partial charge < -0.3 is 19.5 Å². The second-order valence-corrected chi connectivity index (χ2v) is 7.43. The van der Waals surface area contributed by atoms with Crippen molar-refractivity contribution in [3.8, 4) is 16.9 Å². The Kier molecular flexibility index (Phi) is 6.57. The van der Waals surface area contributed by atoms with Crippen molar-refractivity contribution in [1.29, 1.82) is 0 Å². The molecule has 1 N–H and O–H groups in total. The van der Waals surface area contributed by atoms with Crippen molar-refractivity contribution in [2.24, 2.45) is 5.92 Å². The van der Waals surface area contributed by atoms with Crippen LogP contribution in [0.15, 0.2) is 42.7 Å². The van der Waals surface area contributed by atoms with E-state index in [1.54, 1.807) is 19.2 Å². The Morgan fingerprint density at radius 1 is 1.19 bits per heavy atom. The Labute approximate surface area is 179 Å². The van der Waals surface area contributed by atoms with Crippen LogP contribution in [0.5, 0.6) is 5.75 Å². The van der Waals surface area contributed by atoms with Gasteiger partial charge in [-0.1, -0.05) is 12.1 Å². The molecule has 7 nitrogen and oxygen atoms in total. The van der Waals surface area contributed by atoms with Gasteiger partial charge >= 0.3 is 0 Å². The maximum Gasteiger partial charge on any atom is 0.293 e. The SMILES string of the molecule is COc1cc(-c2ccc(F)cc2)cc2c(NC(COC=O)C3CCOCC3)ncnc12. The Morgan fingerprint density at radius 2 is 1.97 bits per heavy atom. The van der Waals surface area contributed by atoms with Gasteiger partial charge in [-0.3, -0.25) is 4.79 Å². The number of fused-ring (bicyclic) bond motifs is 1. The van der Waals surface area contributed by atoms with Crippen LogP contribution in [0.2, 0.25) is 0 Å². The normalized spacial score (nSPS) is 15.4. The number of hydrogen-bond acceptors (Lipinski definition) is 7. The Hall–Kier alpha value is -3.26. The van der Waals surface area contributed by atoms with E-state index in [9.17, 15) is 9.18 Å². The van der Waals surface area contributed by atoms with Crippen molar-refractivity contribution < 1.29 is 23.4 Å². The molecular formula is C23H24FN3O4. The third-order valence-corrected chi connectivity index (χ3v) is 5.60. The number of anilines is 1. The van der Waals surface area contributed by atoms with Gasteiger partial charge in [0, 0.05) is 18.6 Å². The maximum absolute atomic E-state index is 13.4. The molecular weight excluding hydrogens is 401 g/mol. The Morgan fingerprint density at radius 3 is 2.68 bits per heavy atom. The van der Waals surface area contributed by atoms with Crippen LogP contribution < -0.4 is 10.1 Å². The van der Waals surface area contributed by atoms with Gasteiger partial charge in [-0.15, -0.1) is 0 Å². The molecule has 2 heterocycles. The fourth-order valence-electron chi connectivity index (χ4n) is 3.95. The van der Waals surface area contributed by atoms with Gasteiger partial charge in [-0.2, -0.15) is 0 Å². The molecule has 1 aliphatic heterocycles. The Bertz CT molecular complexity index is 1040. The molecule has 0 aliphatic carbocycles. The molecule has 0 amide bonds. The van der Waals surface area contributed by atoms with Gasteiger partial charge in [0.2, 0.25) is 0 Å². The summed E-state index contributed by atoms with van der Waals surface area (Å²) in [6.07, 6.45) is 3.21. The van der Waals surface area contributed by atoms with E-state index in [4.69, 9.17) is 14.2 Å². The molecule has 1 fully saturated rings. The number of halogens is 1. The number of rotatable bonds is 8. The highest BCUT2D eigenvalue weighted by Crippen LogP contribution is 2.35. The summed E-state index contributed by atoms with van der Waals surface area (Å²) in [5.41, 5.74) is 2.36. The molecule has 3 aromatic rings. The second kappa shape index (κ2) is 9.70. The zero-order chi connectivity index (χ0) is 21.6. The number of hydrogen-bond donors (Lipinski definition) is 1. The summed E-state index contributed by atoms with van der Waals surface area (Å²) in [4.78, 5) is 19.7. The topological polar surface area (TPSA) is 82.6 Å². The van der Waals surface area contributed by atoms with Gasteiger partial charge in [0.25, 0.3) is 6.47 Å². The molecule has 0 radical (unpaired) electrons. The Balaban J connectivity index is 1.74. The van der Waals surface area contributed by atoms with Crippen molar-refractivity contribution in [1.82, 2.24) is 9.97 Å². The number of ether oxygens (including phenoxy) is 3. The molecule has 2 aromatic carbocycles. The van der Waals surface area contributed by atoms with Crippen LogP contribution in [0.25, 0.3) is 22.0 Å². The number of benzene rings is 2. The summed E-state index contributed by atoms with van der Waals surface area (Å²) in [5, 5.41) is 4.23. The zero-order valence-electron chi connectivity index (χ0n) is 17.2. The summed E-state index contributed by atoms with van der Waals surface area (Å²) in [6.45, 7) is 2.05. The molecule has 1 aromatic heterocycles. The lowest BCUT2D eigenvalue weighted by Gasteiger charge is -2.30. The van der Waals surface area contributed by atoms with Crippen LogP contribution in [-0.2, 0) is 14.3 Å². The predicted octanol–water partition coefficient (Wildman–Crippen LogP) is 3.82. The highest BCUT2D eigenvalue weighted by Gasteiger charge is 2.26. The standard InChI is InChI=1S/C23H24FN3O4/c1-29-21-11-17(15-2-4-18(24)5-3-15)10-19-22(21)25-13-26-23(19)27-20(12-31-14-28)16-6-8-30-9-7-16/h2-5,10-11,13-14,16,20H,6-9,12H2,1H3,(H,25,26,27). The van der Waals surface area contributed by atoms with E-state index >= 15 is 0 Å². The minimum absolute atomic E-state index is 0.118. The summed E-state index contributed by atoms with van der Waals surface area (Å²) in [6, 6.07) is 9.99. The summed E-state index contributed by atoms with van der Waals surface area (Å²) in [5.74, 6) is 1.20. The largest absolute Gasteiger partial charge is 0.494 e. The van der Waals surface area contributed by atoms with Crippen molar-refractivity contribution in [3.05, 3.63) is 48.5 Å². The molecule has 0 saturated carbocycles. The third kappa shape index (κ3) is 4.74. The minimum Gasteiger partial charge on any atom is -0.494 e. The molecule has 1 saturated heterocycles. The van der Waals surface area contributed by atoms with E-state index in [0.29, 0.717) is 36.8 Å². The van der Waals surface area contributed by atoms with Gasteiger partial charge in [0.15, 0.2) is 0 Å². The van der Waals surface area contributed by atoms with Crippen molar-refractivity contribution in [2.75, 3.05) is 32.2 Å². The van der Waals surface area contributed by atoms with Crippen molar-refractivity contribution in [2.45, 2.75) is 18.9 Å².